The Balaban J connectivity index is 1.15. The van der Waals surface area contributed by atoms with Gasteiger partial charge in [0.05, 0.1) is 12.3 Å². The predicted molar refractivity (Wildman–Crippen MR) is 163 cm³/mol. The summed E-state index contributed by atoms with van der Waals surface area (Å²) in [6.45, 7) is 6.54. The number of piperidine rings is 1. The molecule has 5 nitrogen and oxygen atoms in total. The number of rotatable bonds is 9. The number of benzene rings is 2. The highest BCUT2D eigenvalue weighted by Crippen LogP contribution is 2.34. The van der Waals surface area contributed by atoms with Crippen LogP contribution in [0.3, 0.4) is 0 Å². The largest absolute Gasteiger partial charge is 0.493 e. The lowest BCUT2D eigenvalue weighted by Gasteiger charge is -2.28. The smallest absolute Gasteiger partial charge is 0.258 e. The van der Waals surface area contributed by atoms with Crippen molar-refractivity contribution in [1.82, 2.24) is 5.32 Å². The first kappa shape index (κ1) is 26.8. The topological polar surface area (TPSA) is 53.9 Å². The number of anilines is 1. The fraction of sp³-hybridized carbons (Fsp3) is 0.429. The van der Waals surface area contributed by atoms with Crippen LogP contribution in [0.2, 0.25) is 0 Å². The Morgan fingerprint density at radius 2 is 1.90 bits per heavy atom. The second kappa shape index (κ2) is 12.0. The van der Waals surface area contributed by atoms with Crippen LogP contribution in [0.15, 0.2) is 82.5 Å². The molecule has 40 heavy (non-hydrogen) atoms. The van der Waals surface area contributed by atoms with Crippen molar-refractivity contribution >= 4 is 17.3 Å². The molecule has 1 amide bonds. The summed E-state index contributed by atoms with van der Waals surface area (Å²) >= 11 is 0. The number of carbonyl (C=O) groups is 1. The number of hydrogen-bond donors (Lipinski definition) is 1. The van der Waals surface area contributed by atoms with Gasteiger partial charge in [0.1, 0.15) is 5.75 Å². The lowest BCUT2D eigenvalue weighted by Crippen LogP contribution is -2.40. The highest BCUT2D eigenvalue weighted by molar-refractivity contribution is 6.07. The molecule has 5 heteroatoms. The fourth-order valence-electron chi connectivity index (χ4n) is 6.30. The molecule has 0 spiro atoms. The van der Waals surface area contributed by atoms with Crippen molar-refractivity contribution in [2.24, 2.45) is 10.9 Å². The van der Waals surface area contributed by atoms with Gasteiger partial charge in [0.15, 0.2) is 0 Å². The summed E-state index contributed by atoms with van der Waals surface area (Å²) in [5.41, 5.74) is 9.66. The zero-order chi connectivity index (χ0) is 27.5. The summed E-state index contributed by atoms with van der Waals surface area (Å²) in [5.74, 6) is 1.39. The highest BCUT2D eigenvalue weighted by atomic mass is 16.5. The molecule has 2 aliphatic heterocycles. The summed E-state index contributed by atoms with van der Waals surface area (Å²) in [7, 11) is 0. The molecular formula is C35H41N3O2. The Kier molecular flexibility index (Phi) is 8.01. The Morgan fingerprint density at radius 1 is 1.07 bits per heavy atom. The van der Waals surface area contributed by atoms with E-state index in [-0.39, 0.29) is 5.91 Å². The van der Waals surface area contributed by atoms with Crippen molar-refractivity contribution in [1.29, 1.82) is 0 Å². The molecule has 0 bridgehead atoms. The van der Waals surface area contributed by atoms with Crippen LogP contribution < -0.4 is 15.0 Å². The van der Waals surface area contributed by atoms with E-state index in [0.717, 1.165) is 67.8 Å². The van der Waals surface area contributed by atoms with Gasteiger partial charge in [-0.1, -0.05) is 32.1 Å². The molecule has 0 radical (unpaired) electrons. The average Bonchev–Trinajstić information content (AvgIpc) is 3.36. The van der Waals surface area contributed by atoms with Gasteiger partial charge in [-0.2, -0.15) is 0 Å². The quantitative estimate of drug-likeness (QED) is 0.377. The van der Waals surface area contributed by atoms with Gasteiger partial charge in [-0.3, -0.25) is 9.79 Å². The Hall–Kier alpha value is -3.44. The number of ether oxygens (including phenoxy) is 1. The molecule has 1 unspecified atom stereocenters. The predicted octanol–water partition coefficient (Wildman–Crippen LogP) is 6.98. The van der Waals surface area contributed by atoms with Crippen molar-refractivity contribution in [2.75, 3.05) is 24.6 Å². The minimum atomic E-state index is 0.0801. The maximum Gasteiger partial charge on any atom is 0.258 e. The first-order valence-electron chi connectivity index (χ1n) is 15.1. The van der Waals surface area contributed by atoms with E-state index in [4.69, 9.17) is 9.73 Å². The minimum absolute atomic E-state index is 0.0801. The average molecular weight is 536 g/mol. The van der Waals surface area contributed by atoms with Crippen LogP contribution in [0.25, 0.3) is 0 Å². The third-order valence-electron chi connectivity index (χ3n) is 8.50. The SMILES string of the molecule is CC(C)COc1ccc(N(CCCC2CC3=NC4=CC=CCC4=C3CN2)C(=O)c2ccc3c(c2)CCCC3)cc1. The van der Waals surface area contributed by atoms with Gasteiger partial charge < -0.3 is 15.0 Å². The van der Waals surface area contributed by atoms with Crippen molar-refractivity contribution in [3.63, 3.8) is 0 Å². The number of aliphatic imine (C=N–C) groups is 1. The molecule has 1 N–H and O–H groups in total. The number of hydrogen-bond acceptors (Lipinski definition) is 4. The third kappa shape index (κ3) is 5.85. The lowest BCUT2D eigenvalue weighted by molar-refractivity contribution is 0.0986. The van der Waals surface area contributed by atoms with Crippen LogP contribution in [0.5, 0.6) is 5.75 Å². The zero-order valence-corrected chi connectivity index (χ0v) is 23.9. The van der Waals surface area contributed by atoms with Gasteiger partial charge in [-0.15, -0.1) is 0 Å². The van der Waals surface area contributed by atoms with E-state index >= 15 is 0 Å². The first-order valence-corrected chi connectivity index (χ1v) is 15.1. The summed E-state index contributed by atoms with van der Waals surface area (Å²) in [6.07, 6.45) is 15.0. The molecule has 4 aliphatic rings. The summed E-state index contributed by atoms with van der Waals surface area (Å²) in [6, 6.07) is 14.8. The third-order valence-corrected chi connectivity index (χ3v) is 8.50. The van der Waals surface area contributed by atoms with Crippen molar-refractivity contribution in [3.8, 4) is 5.75 Å². The molecule has 1 saturated heterocycles. The fourth-order valence-corrected chi connectivity index (χ4v) is 6.30. The number of nitrogens with one attached hydrogen (secondary N) is 1. The van der Waals surface area contributed by atoms with Gasteiger partial charge in [-0.25, -0.2) is 0 Å². The Bertz CT molecular complexity index is 1380. The van der Waals surface area contributed by atoms with E-state index in [9.17, 15) is 4.79 Å². The van der Waals surface area contributed by atoms with Gasteiger partial charge in [-0.05, 0) is 116 Å². The number of allylic oxidation sites excluding steroid dienone is 4. The summed E-state index contributed by atoms with van der Waals surface area (Å²) in [4.78, 5) is 20.9. The normalized spacial score (nSPS) is 19.5. The van der Waals surface area contributed by atoms with Crippen molar-refractivity contribution in [3.05, 3.63) is 94.2 Å². The number of carbonyl (C=O) groups excluding carboxylic acids is 1. The monoisotopic (exact) mass is 535 g/mol. The zero-order valence-electron chi connectivity index (χ0n) is 23.9. The van der Waals surface area contributed by atoms with Crippen LogP contribution in [0, 0.1) is 5.92 Å². The van der Waals surface area contributed by atoms with Crippen molar-refractivity contribution in [2.45, 2.75) is 71.3 Å². The van der Waals surface area contributed by atoms with E-state index in [0.29, 0.717) is 25.1 Å². The maximum absolute atomic E-state index is 13.9. The van der Waals surface area contributed by atoms with Gasteiger partial charge >= 0.3 is 0 Å². The number of aryl methyl sites for hydroxylation is 2. The molecule has 1 fully saturated rings. The van der Waals surface area contributed by atoms with E-state index in [2.05, 4.69) is 49.5 Å². The van der Waals surface area contributed by atoms with E-state index in [1.165, 1.54) is 40.8 Å². The number of amides is 1. The van der Waals surface area contributed by atoms with E-state index in [1.54, 1.807) is 0 Å². The number of fused-ring (bicyclic) bond motifs is 3. The Morgan fingerprint density at radius 3 is 2.73 bits per heavy atom. The molecule has 2 aromatic carbocycles. The summed E-state index contributed by atoms with van der Waals surface area (Å²) in [5, 5.41) is 3.75. The molecular weight excluding hydrogens is 494 g/mol. The molecule has 2 heterocycles. The standard InChI is InChI=1S/C35H41N3O2/c1-24(2)23-40-30-17-15-29(16-18-30)38(35(39)27-14-13-25-8-3-4-9-26(25)20-27)19-7-10-28-21-34-32(22-36-28)31-11-5-6-12-33(31)37-34/h5-6,12-18,20,24,28,36H,3-4,7-11,19,21-23H2,1-2H3. The van der Waals surface area contributed by atoms with Gasteiger partial charge in [0.2, 0.25) is 0 Å². The minimum Gasteiger partial charge on any atom is -0.493 e. The Labute approximate surface area is 238 Å². The van der Waals surface area contributed by atoms with Crippen LogP contribution in [0.4, 0.5) is 5.69 Å². The second-order valence-corrected chi connectivity index (χ2v) is 12.0. The summed E-state index contributed by atoms with van der Waals surface area (Å²) < 4.78 is 5.91. The van der Waals surface area contributed by atoms with Crippen LogP contribution in [-0.4, -0.2) is 37.4 Å². The van der Waals surface area contributed by atoms with Crippen LogP contribution in [-0.2, 0) is 12.8 Å². The molecule has 6 rings (SSSR count). The maximum atomic E-state index is 13.9. The van der Waals surface area contributed by atoms with Crippen molar-refractivity contribution < 1.29 is 9.53 Å². The van der Waals surface area contributed by atoms with Gasteiger partial charge in [0.25, 0.3) is 5.91 Å². The lowest BCUT2D eigenvalue weighted by atomic mass is 9.90. The molecule has 0 saturated carbocycles. The molecule has 2 aromatic rings. The van der Waals surface area contributed by atoms with Gasteiger partial charge in [0, 0.05) is 42.5 Å². The first-order chi connectivity index (χ1) is 19.5. The molecule has 1 atom stereocenters. The van der Waals surface area contributed by atoms with Crippen LogP contribution in [0.1, 0.15) is 73.9 Å². The second-order valence-electron chi connectivity index (χ2n) is 12.0. The number of nitrogens with zero attached hydrogens (tertiary/aromatic N) is 2. The van der Waals surface area contributed by atoms with E-state index < -0.39 is 0 Å². The highest BCUT2D eigenvalue weighted by Gasteiger charge is 2.30. The van der Waals surface area contributed by atoms with Crippen LogP contribution >= 0.6 is 0 Å². The molecule has 0 aromatic heterocycles. The van der Waals surface area contributed by atoms with E-state index in [1.807, 2.05) is 35.2 Å². The molecule has 208 valence electrons. The molecule has 2 aliphatic carbocycles.